The third kappa shape index (κ3) is 3.21. The molecule has 1 fully saturated rings. The molecule has 0 aromatic carbocycles. The second-order valence-corrected chi connectivity index (χ2v) is 5.17. The average Bonchev–Trinajstić information content (AvgIpc) is 2.40. The number of hydrogen-bond donors (Lipinski definition) is 1. The van der Waals surface area contributed by atoms with Crippen LogP contribution in [-0.2, 0) is 0 Å². The number of nitriles is 1. The van der Waals surface area contributed by atoms with Gasteiger partial charge in [0.1, 0.15) is 11.8 Å². The van der Waals surface area contributed by atoms with E-state index in [1.165, 1.54) is 25.7 Å². The second kappa shape index (κ2) is 5.83. The van der Waals surface area contributed by atoms with Gasteiger partial charge in [-0.25, -0.2) is 4.98 Å². The van der Waals surface area contributed by atoms with Crippen LogP contribution in [0.1, 0.15) is 31.4 Å². The zero-order valence-electron chi connectivity index (χ0n) is 11.1. The van der Waals surface area contributed by atoms with Gasteiger partial charge in [-0.1, -0.05) is 0 Å². The Bertz CT molecular complexity index is 418. The van der Waals surface area contributed by atoms with Gasteiger partial charge in [0, 0.05) is 12.1 Å². The van der Waals surface area contributed by atoms with Crippen molar-refractivity contribution in [3.63, 3.8) is 0 Å². The average molecular weight is 244 g/mol. The van der Waals surface area contributed by atoms with Crippen molar-refractivity contribution in [2.75, 3.05) is 19.4 Å². The van der Waals surface area contributed by atoms with E-state index < -0.39 is 0 Å². The van der Waals surface area contributed by atoms with Crippen LogP contribution in [0.2, 0.25) is 0 Å². The van der Waals surface area contributed by atoms with Gasteiger partial charge in [-0.2, -0.15) is 5.26 Å². The van der Waals surface area contributed by atoms with E-state index in [9.17, 15) is 0 Å². The summed E-state index contributed by atoms with van der Waals surface area (Å²) in [5.74, 6) is 0. The summed E-state index contributed by atoms with van der Waals surface area (Å²) in [5, 5.41) is 12.2. The first kappa shape index (κ1) is 12.8. The van der Waals surface area contributed by atoms with Crippen LogP contribution in [0.4, 0.5) is 5.69 Å². The van der Waals surface area contributed by atoms with Crippen molar-refractivity contribution >= 4 is 5.69 Å². The Hall–Kier alpha value is -1.60. The predicted octanol–water partition coefficient (Wildman–Crippen LogP) is 2.24. The summed E-state index contributed by atoms with van der Waals surface area (Å²) in [6.07, 6.45) is 6.69. The van der Waals surface area contributed by atoms with Crippen molar-refractivity contribution in [2.24, 2.45) is 0 Å². The first-order valence-electron chi connectivity index (χ1n) is 6.48. The van der Waals surface area contributed by atoms with Crippen molar-refractivity contribution < 1.29 is 0 Å². The maximum atomic E-state index is 8.71. The summed E-state index contributed by atoms with van der Waals surface area (Å²) in [7, 11) is 4.30. The van der Waals surface area contributed by atoms with E-state index >= 15 is 0 Å². The van der Waals surface area contributed by atoms with E-state index in [1.54, 1.807) is 12.3 Å². The molecule has 0 amide bonds. The Morgan fingerprint density at radius 2 is 2.22 bits per heavy atom. The highest BCUT2D eigenvalue weighted by Gasteiger charge is 2.23. The molecule has 4 heteroatoms. The highest BCUT2D eigenvalue weighted by molar-refractivity contribution is 5.43. The standard InChI is InChI=1S/C14H20N4/c1-18(2)14-5-3-4-11(8-14)17-13-7-6-12(9-15)16-10-13/h6-7,10-11,14,17H,3-5,8H2,1-2H3/t11-,14+/m0/s1. The lowest BCUT2D eigenvalue weighted by Gasteiger charge is -2.34. The Morgan fingerprint density at radius 3 is 2.83 bits per heavy atom. The summed E-state index contributed by atoms with van der Waals surface area (Å²) in [6.45, 7) is 0. The summed E-state index contributed by atoms with van der Waals surface area (Å²) >= 11 is 0. The van der Waals surface area contributed by atoms with Gasteiger partial charge in [-0.05, 0) is 51.9 Å². The molecule has 1 aromatic rings. The van der Waals surface area contributed by atoms with Gasteiger partial charge in [0.15, 0.2) is 0 Å². The van der Waals surface area contributed by atoms with Gasteiger partial charge in [0.05, 0.1) is 11.9 Å². The molecular weight excluding hydrogens is 224 g/mol. The molecule has 0 saturated heterocycles. The third-order valence-corrected chi connectivity index (χ3v) is 3.63. The lowest BCUT2D eigenvalue weighted by Crippen LogP contribution is -2.38. The fourth-order valence-electron chi connectivity index (χ4n) is 2.55. The van der Waals surface area contributed by atoms with Crippen molar-refractivity contribution in [1.29, 1.82) is 5.26 Å². The van der Waals surface area contributed by atoms with Crippen molar-refractivity contribution in [3.8, 4) is 6.07 Å². The molecule has 1 heterocycles. The third-order valence-electron chi connectivity index (χ3n) is 3.63. The smallest absolute Gasteiger partial charge is 0.140 e. The van der Waals surface area contributed by atoms with Gasteiger partial charge < -0.3 is 10.2 Å². The monoisotopic (exact) mass is 244 g/mol. The zero-order chi connectivity index (χ0) is 13.0. The quantitative estimate of drug-likeness (QED) is 0.886. The highest BCUT2D eigenvalue weighted by Crippen LogP contribution is 2.24. The number of anilines is 1. The minimum Gasteiger partial charge on any atom is -0.381 e. The topological polar surface area (TPSA) is 52.0 Å². The molecule has 2 rings (SSSR count). The summed E-state index contributed by atoms with van der Waals surface area (Å²) in [6, 6.07) is 6.91. The minimum absolute atomic E-state index is 0.468. The molecular formula is C14H20N4. The number of aromatic nitrogens is 1. The van der Waals surface area contributed by atoms with E-state index in [0.717, 1.165) is 5.69 Å². The van der Waals surface area contributed by atoms with Crippen molar-refractivity contribution in [1.82, 2.24) is 9.88 Å². The molecule has 1 aliphatic rings. The van der Waals surface area contributed by atoms with Crippen LogP contribution in [0.5, 0.6) is 0 Å². The Balaban J connectivity index is 1.94. The molecule has 2 atom stereocenters. The maximum absolute atomic E-state index is 8.71. The minimum atomic E-state index is 0.468. The second-order valence-electron chi connectivity index (χ2n) is 5.17. The number of rotatable bonds is 3. The molecule has 0 aliphatic heterocycles. The van der Waals surface area contributed by atoms with Gasteiger partial charge in [-0.15, -0.1) is 0 Å². The van der Waals surface area contributed by atoms with Gasteiger partial charge >= 0.3 is 0 Å². The first-order valence-corrected chi connectivity index (χ1v) is 6.48. The fraction of sp³-hybridized carbons (Fsp3) is 0.571. The van der Waals surface area contributed by atoms with Crippen LogP contribution in [0, 0.1) is 11.3 Å². The SMILES string of the molecule is CN(C)[C@@H]1CCC[C@H](Nc2ccc(C#N)nc2)C1. The molecule has 0 radical (unpaired) electrons. The largest absolute Gasteiger partial charge is 0.381 e. The maximum Gasteiger partial charge on any atom is 0.140 e. The van der Waals surface area contributed by atoms with Crippen LogP contribution < -0.4 is 5.32 Å². The molecule has 18 heavy (non-hydrogen) atoms. The molecule has 4 nitrogen and oxygen atoms in total. The molecule has 1 N–H and O–H groups in total. The normalized spacial score (nSPS) is 23.7. The summed E-state index contributed by atoms with van der Waals surface area (Å²) in [4.78, 5) is 6.39. The summed E-state index contributed by atoms with van der Waals surface area (Å²) < 4.78 is 0. The van der Waals surface area contributed by atoms with Crippen LogP contribution in [0.15, 0.2) is 18.3 Å². The van der Waals surface area contributed by atoms with E-state index in [0.29, 0.717) is 17.8 Å². The molecule has 0 unspecified atom stereocenters. The van der Waals surface area contributed by atoms with Crippen LogP contribution >= 0.6 is 0 Å². The molecule has 1 aliphatic carbocycles. The first-order chi connectivity index (χ1) is 8.69. The molecule has 0 bridgehead atoms. The number of hydrogen-bond acceptors (Lipinski definition) is 4. The molecule has 1 aromatic heterocycles. The van der Waals surface area contributed by atoms with Crippen molar-refractivity contribution in [3.05, 3.63) is 24.0 Å². The number of pyridine rings is 1. The fourth-order valence-corrected chi connectivity index (χ4v) is 2.55. The van der Waals surface area contributed by atoms with Crippen LogP contribution in [0.25, 0.3) is 0 Å². The lowest BCUT2D eigenvalue weighted by atomic mass is 9.90. The predicted molar refractivity (Wildman–Crippen MR) is 72.3 cm³/mol. The van der Waals surface area contributed by atoms with E-state index in [1.807, 2.05) is 12.1 Å². The van der Waals surface area contributed by atoms with Crippen LogP contribution in [0.3, 0.4) is 0 Å². The van der Waals surface area contributed by atoms with E-state index in [4.69, 9.17) is 5.26 Å². The Labute approximate surface area is 109 Å². The Kier molecular flexibility index (Phi) is 4.16. The van der Waals surface area contributed by atoms with Crippen LogP contribution in [-0.4, -0.2) is 36.1 Å². The zero-order valence-corrected chi connectivity index (χ0v) is 11.1. The van der Waals surface area contributed by atoms with E-state index in [-0.39, 0.29) is 0 Å². The summed E-state index contributed by atoms with van der Waals surface area (Å²) in [5.41, 5.74) is 1.48. The van der Waals surface area contributed by atoms with Gasteiger partial charge in [0.25, 0.3) is 0 Å². The van der Waals surface area contributed by atoms with Gasteiger partial charge in [0.2, 0.25) is 0 Å². The number of nitrogens with one attached hydrogen (secondary N) is 1. The highest BCUT2D eigenvalue weighted by atomic mass is 15.1. The number of nitrogens with zero attached hydrogens (tertiary/aromatic N) is 3. The van der Waals surface area contributed by atoms with Gasteiger partial charge in [-0.3, -0.25) is 0 Å². The molecule has 1 saturated carbocycles. The molecule has 96 valence electrons. The molecule has 0 spiro atoms. The lowest BCUT2D eigenvalue weighted by molar-refractivity contribution is 0.219. The van der Waals surface area contributed by atoms with Crippen molar-refractivity contribution in [2.45, 2.75) is 37.8 Å². The Morgan fingerprint density at radius 1 is 1.39 bits per heavy atom. The van der Waals surface area contributed by atoms with E-state index in [2.05, 4.69) is 29.3 Å².